The molecule has 4 aliphatic rings. The molecule has 15 rings (SSSR count). The number of Topliss-reactive ketones (excluding diaryl/α,β-unsaturated/α-hetero) is 2. The van der Waals surface area contributed by atoms with Crippen LogP contribution >= 0.6 is 45.3 Å². The fraction of sp³-hybridized carbons (Fsp3) is 0.345. The number of ketones is 2. The zero-order chi connectivity index (χ0) is 83.3. The lowest BCUT2D eigenvalue weighted by Crippen LogP contribution is -2.30. The smallest absolute Gasteiger partial charge is 0.194 e. The van der Waals surface area contributed by atoms with E-state index in [2.05, 4.69) is 199 Å². The molecule has 0 spiro atoms. The van der Waals surface area contributed by atoms with Gasteiger partial charge in [0.1, 0.15) is 35.4 Å². The number of thiophene rings is 4. The van der Waals surface area contributed by atoms with Gasteiger partial charge in [-0.3, -0.25) is 9.59 Å². The minimum absolute atomic E-state index is 0.0635. The number of hydrogen-bond acceptors (Lipinski definition) is 10. The maximum absolute atomic E-state index is 14.8. The summed E-state index contributed by atoms with van der Waals surface area (Å²) >= 11 is 7.26. The van der Waals surface area contributed by atoms with Crippen molar-refractivity contribution in [3.05, 3.63) is 314 Å². The Morgan fingerprint density at radius 1 is 0.300 bits per heavy atom. The number of allylic oxidation sites excluding steroid dienone is 6. The number of carbonyl (C=O) groups excluding carboxylic acids is 2. The SMILES string of the molecule is CCCCCCc1ccc(C2(c3ccc(CCCCCC)cc3)c3cc4c(cc3-c3sc(-c5sc(/C=C6\C(=O)c7ccccc7C6=C(C#N)C#N)cc5CCCCCC)cc32)C(c2ccc(CCCCCC)cc2)(c2ccc(CCCCCC)cc2)c2cc(-c3sc(/C=C5\C(=O)c6ccccc6C5=C(C#N)C#N)cc3CCCCCC)sc2-4)cc1. The highest BCUT2D eigenvalue weighted by molar-refractivity contribution is 7.25. The Balaban J connectivity index is 1.01. The highest BCUT2D eigenvalue weighted by atomic mass is 32.1. The van der Waals surface area contributed by atoms with Crippen molar-refractivity contribution in [1.29, 1.82) is 21.0 Å². The lowest BCUT2D eigenvalue weighted by atomic mass is 9.65. The number of hydrogen-bond donors (Lipinski definition) is 0. The molecule has 7 aromatic carbocycles. The first kappa shape index (κ1) is 84.6. The molecule has 4 aliphatic carbocycles. The van der Waals surface area contributed by atoms with E-state index in [0.29, 0.717) is 44.5 Å². The highest BCUT2D eigenvalue weighted by Gasteiger charge is 2.54. The summed E-state index contributed by atoms with van der Waals surface area (Å²) in [6, 6.07) is 77.7. The van der Waals surface area contributed by atoms with E-state index in [1.165, 1.54) is 195 Å². The Morgan fingerprint density at radius 2 is 0.583 bits per heavy atom. The zero-order valence-corrected chi connectivity index (χ0v) is 74.2. The van der Waals surface area contributed by atoms with E-state index < -0.39 is 10.8 Å². The van der Waals surface area contributed by atoms with Crippen LogP contribution < -0.4 is 0 Å². The van der Waals surface area contributed by atoms with Gasteiger partial charge in [-0.25, -0.2) is 0 Å². The van der Waals surface area contributed by atoms with Crippen LogP contribution in [0.15, 0.2) is 204 Å². The summed E-state index contributed by atoms with van der Waals surface area (Å²) in [5.41, 5.74) is 22.4. The van der Waals surface area contributed by atoms with Crippen molar-refractivity contribution in [2.75, 3.05) is 0 Å². The molecule has 0 amide bonds. The molecule has 0 saturated heterocycles. The third-order valence-corrected chi connectivity index (χ3v) is 30.6. The summed E-state index contributed by atoms with van der Waals surface area (Å²) in [6.07, 6.45) is 37.4. The quantitative estimate of drug-likeness (QED) is 0.0215. The Hall–Kier alpha value is -10.4. The Morgan fingerprint density at radius 3 is 0.867 bits per heavy atom. The largest absolute Gasteiger partial charge is 0.289 e. The van der Waals surface area contributed by atoms with Gasteiger partial charge in [-0.15, -0.1) is 45.3 Å². The lowest BCUT2D eigenvalue weighted by molar-refractivity contribution is 0.103. The molecule has 0 N–H and O–H groups in total. The van der Waals surface area contributed by atoms with Gasteiger partial charge in [-0.2, -0.15) is 21.0 Å². The molecule has 0 unspecified atom stereocenters. The average molecular weight is 1650 g/mol. The normalized spacial score (nSPS) is 14.4. The number of nitriles is 4. The van der Waals surface area contributed by atoms with Gasteiger partial charge >= 0.3 is 0 Å². The molecule has 0 saturated carbocycles. The van der Waals surface area contributed by atoms with Crippen molar-refractivity contribution in [1.82, 2.24) is 0 Å². The van der Waals surface area contributed by atoms with Crippen LogP contribution in [0.25, 0.3) is 63.7 Å². The molecule has 10 heteroatoms. The van der Waals surface area contributed by atoms with Crippen LogP contribution in [0.1, 0.15) is 315 Å². The van der Waals surface area contributed by atoms with E-state index in [4.69, 9.17) is 0 Å². The van der Waals surface area contributed by atoms with Crippen molar-refractivity contribution in [2.45, 2.75) is 245 Å². The fourth-order valence-corrected chi connectivity index (χ4v) is 24.5. The minimum atomic E-state index is -0.806. The molecule has 0 atom stereocenters. The Kier molecular flexibility index (Phi) is 27.5. The van der Waals surface area contributed by atoms with Gasteiger partial charge in [0.15, 0.2) is 11.6 Å². The van der Waals surface area contributed by atoms with E-state index in [-0.39, 0.29) is 22.7 Å². The molecule has 6 nitrogen and oxygen atoms in total. The average Bonchev–Trinajstić information content (AvgIpc) is 1.50. The van der Waals surface area contributed by atoms with E-state index in [1.807, 2.05) is 83.4 Å². The summed E-state index contributed by atoms with van der Waals surface area (Å²) < 4.78 is 0. The van der Waals surface area contributed by atoms with Crippen molar-refractivity contribution in [2.24, 2.45) is 0 Å². The monoisotopic (exact) mass is 1650 g/mol. The molecule has 0 radical (unpaired) electrons. The number of unbranched alkanes of at least 4 members (excludes halogenated alkanes) is 18. The van der Waals surface area contributed by atoms with Crippen LogP contribution in [0, 0.1) is 45.3 Å². The minimum Gasteiger partial charge on any atom is -0.289 e. The molecule has 0 fully saturated rings. The Bertz CT molecular complexity index is 5400. The van der Waals surface area contributed by atoms with Crippen molar-refractivity contribution in [3.63, 3.8) is 0 Å². The number of benzene rings is 7. The predicted octanol–water partition coefficient (Wildman–Crippen LogP) is 30.9. The second-order valence-electron chi connectivity index (χ2n) is 33.6. The number of aryl methyl sites for hydroxylation is 6. The second kappa shape index (κ2) is 39.0. The van der Waals surface area contributed by atoms with Gasteiger partial charge in [0, 0.05) is 72.4 Å². The number of fused-ring (bicyclic) bond motifs is 8. The molecule has 4 heterocycles. The lowest BCUT2D eigenvalue weighted by Gasteiger charge is -2.35. The molecule has 4 aromatic heterocycles. The highest BCUT2D eigenvalue weighted by Crippen LogP contribution is 2.67. The van der Waals surface area contributed by atoms with Crippen molar-refractivity contribution < 1.29 is 9.59 Å². The van der Waals surface area contributed by atoms with E-state index >= 15 is 0 Å². The van der Waals surface area contributed by atoms with Gasteiger partial charge in [-0.05, 0) is 226 Å². The van der Waals surface area contributed by atoms with E-state index in [0.717, 1.165) is 125 Å². The third kappa shape index (κ3) is 16.6. The molecule has 606 valence electrons. The van der Waals surface area contributed by atoms with Crippen LogP contribution in [-0.2, 0) is 49.4 Å². The topological polar surface area (TPSA) is 129 Å². The van der Waals surface area contributed by atoms with Crippen LogP contribution in [0.2, 0.25) is 0 Å². The predicted molar refractivity (Wildman–Crippen MR) is 504 cm³/mol. The summed E-state index contributed by atoms with van der Waals surface area (Å²) in [5.74, 6) is -0.348. The zero-order valence-electron chi connectivity index (χ0n) is 70.9. The molecule has 0 aliphatic heterocycles. The van der Waals surface area contributed by atoms with E-state index in [9.17, 15) is 30.6 Å². The van der Waals surface area contributed by atoms with Crippen molar-refractivity contribution in [3.8, 4) is 64.7 Å². The first-order valence-corrected chi connectivity index (χ1v) is 48.1. The number of carbonyl (C=O) groups is 2. The number of rotatable bonds is 38. The van der Waals surface area contributed by atoms with Gasteiger partial charge in [0.2, 0.25) is 0 Å². The molecule has 11 aromatic rings. The standard InChI is InChI=1S/C110H110N4O2S4/c1-7-13-19-25-35-73-45-53-81(54-46-73)109(82-55-47-74(48-56-82)36-26-20-14-8-2)95-65-92-96(66-91(95)107-97(109)67-99(119-107)105-77(39-29-23-17-11-5)61-85(117-105)63-93-101(79(69-111)70-112)87-41-31-33-43-89(87)103(93)115)110(83-57-49-75(50-58-83)37-27-21-15-9-3,84-59-51-76(52-60-84)38-28-22-16-10-4)98-68-100(120-108(92)98)106-78(40-30-24-18-12-6)62-86(118-106)64-94-102(80(71-113)72-114)88-42-32-34-44-90(88)104(94)116/h31-34,41-68H,7-30,35-40H2,1-6H3/b93-63-,94-64-. The summed E-state index contributed by atoms with van der Waals surface area (Å²) in [7, 11) is 0. The summed E-state index contributed by atoms with van der Waals surface area (Å²) in [6.45, 7) is 13.7. The fourth-order valence-electron chi connectivity index (χ4n) is 19.4. The Labute approximate surface area is 729 Å². The van der Waals surface area contributed by atoms with Gasteiger partial charge < -0.3 is 0 Å². The van der Waals surface area contributed by atoms with Crippen molar-refractivity contribution >= 4 is 80.2 Å². The third-order valence-electron chi connectivity index (χ3n) is 25.7. The van der Waals surface area contributed by atoms with Crippen LogP contribution in [-0.4, -0.2) is 11.6 Å². The molecule has 120 heavy (non-hydrogen) atoms. The number of nitrogens with zero attached hydrogens (tertiary/aromatic N) is 4. The van der Waals surface area contributed by atoms with Gasteiger partial charge in [-0.1, -0.05) is 303 Å². The molecular formula is C110H110N4O2S4. The van der Waals surface area contributed by atoms with Crippen LogP contribution in [0.5, 0.6) is 0 Å². The van der Waals surface area contributed by atoms with Crippen LogP contribution in [0.4, 0.5) is 0 Å². The molecular weight excluding hydrogens is 1540 g/mol. The van der Waals surface area contributed by atoms with Crippen LogP contribution in [0.3, 0.4) is 0 Å². The van der Waals surface area contributed by atoms with E-state index in [1.54, 1.807) is 22.7 Å². The second-order valence-corrected chi connectivity index (χ2v) is 37.9. The summed E-state index contributed by atoms with van der Waals surface area (Å²) in [5, 5.41) is 42.1. The first-order chi connectivity index (χ1) is 58.9. The van der Waals surface area contributed by atoms with Gasteiger partial charge in [0.25, 0.3) is 0 Å². The molecule has 0 bridgehead atoms. The van der Waals surface area contributed by atoms with Gasteiger partial charge in [0.05, 0.1) is 10.8 Å². The summed E-state index contributed by atoms with van der Waals surface area (Å²) in [4.78, 5) is 38.6. The first-order valence-electron chi connectivity index (χ1n) is 44.9. The maximum Gasteiger partial charge on any atom is 0.194 e. The maximum atomic E-state index is 14.8.